The Morgan fingerprint density at radius 1 is 1.26 bits per heavy atom. The number of carbonyl (C=O) groups is 1. The molecule has 0 spiro atoms. The zero-order chi connectivity index (χ0) is 23.5. The van der Waals surface area contributed by atoms with Crippen LogP contribution in [0, 0.1) is 0 Å². The molecule has 1 unspecified atom stereocenters. The molecular weight excluding hydrogens is 433 g/mol. The zero-order valence-corrected chi connectivity index (χ0v) is 19.3. The number of aromatic nitrogens is 4. The summed E-state index contributed by atoms with van der Waals surface area (Å²) in [6.45, 7) is 8.60. The fourth-order valence-corrected chi connectivity index (χ4v) is 4.39. The SMILES string of the molecule is [B]c1ccc2c(c1)C(c1nc(NCCN3CCOCC3)nc3nn(CCOCC)cc13)C(=O)N2. The quantitative estimate of drug-likeness (QED) is 0.350. The Hall–Kier alpha value is -3.02. The average molecular weight is 461 g/mol. The van der Waals surface area contributed by atoms with Gasteiger partial charge in [0.25, 0.3) is 0 Å². The van der Waals surface area contributed by atoms with Gasteiger partial charge in [-0.3, -0.25) is 14.4 Å². The van der Waals surface area contributed by atoms with Crippen LogP contribution in [0.15, 0.2) is 24.4 Å². The maximum atomic E-state index is 13.0. The first-order chi connectivity index (χ1) is 16.6. The summed E-state index contributed by atoms with van der Waals surface area (Å²) in [5.74, 6) is -0.272. The molecule has 1 saturated heterocycles. The molecule has 0 saturated carbocycles. The molecule has 176 valence electrons. The molecule has 2 aliphatic rings. The number of anilines is 2. The van der Waals surface area contributed by atoms with Gasteiger partial charge in [-0.25, -0.2) is 4.98 Å². The van der Waals surface area contributed by atoms with Gasteiger partial charge in [-0.1, -0.05) is 17.6 Å². The lowest BCUT2D eigenvalue weighted by atomic mass is 9.88. The van der Waals surface area contributed by atoms with Crippen LogP contribution < -0.4 is 16.1 Å². The van der Waals surface area contributed by atoms with Crippen LogP contribution in [-0.4, -0.2) is 91.0 Å². The smallest absolute Gasteiger partial charge is 0.238 e. The predicted octanol–water partition coefficient (Wildman–Crippen LogP) is 0.485. The number of nitrogens with one attached hydrogen (secondary N) is 2. The Balaban J connectivity index is 1.47. The fraction of sp³-hybridized carbons (Fsp3) is 0.478. The summed E-state index contributed by atoms with van der Waals surface area (Å²) in [5, 5.41) is 11.7. The first kappa shape index (κ1) is 22.8. The number of fused-ring (bicyclic) bond motifs is 2. The number of carbonyl (C=O) groups excluding carboxylic acids is 1. The van der Waals surface area contributed by atoms with Gasteiger partial charge in [-0.2, -0.15) is 10.1 Å². The maximum absolute atomic E-state index is 13.0. The topological polar surface area (TPSA) is 106 Å². The van der Waals surface area contributed by atoms with Crippen molar-refractivity contribution < 1.29 is 14.3 Å². The van der Waals surface area contributed by atoms with Crippen LogP contribution in [0.3, 0.4) is 0 Å². The van der Waals surface area contributed by atoms with Crippen LogP contribution in [0.4, 0.5) is 11.6 Å². The largest absolute Gasteiger partial charge is 0.380 e. The van der Waals surface area contributed by atoms with E-state index in [1.54, 1.807) is 10.7 Å². The minimum absolute atomic E-state index is 0.137. The van der Waals surface area contributed by atoms with E-state index in [4.69, 9.17) is 22.3 Å². The van der Waals surface area contributed by atoms with Crippen molar-refractivity contribution in [2.75, 3.05) is 63.2 Å². The maximum Gasteiger partial charge on any atom is 0.238 e. The molecule has 4 heterocycles. The van der Waals surface area contributed by atoms with Gasteiger partial charge < -0.3 is 20.1 Å². The summed E-state index contributed by atoms with van der Waals surface area (Å²) >= 11 is 0. The molecule has 0 bridgehead atoms. The van der Waals surface area contributed by atoms with E-state index >= 15 is 0 Å². The van der Waals surface area contributed by atoms with Gasteiger partial charge in [-0.05, 0) is 18.6 Å². The first-order valence-corrected chi connectivity index (χ1v) is 11.7. The van der Waals surface area contributed by atoms with E-state index < -0.39 is 5.92 Å². The summed E-state index contributed by atoms with van der Waals surface area (Å²) in [5.41, 5.74) is 3.32. The Morgan fingerprint density at radius 3 is 2.94 bits per heavy atom. The standard InChI is InChI=1S/C23H28BN7O3/c1-2-33-12-9-31-14-17-20(19-16-13-15(24)3-4-18(16)26-22(19)32)27-23(28-21(17)29-31)25-5-6-30-7-10-34-11-8-30/h3-4,13-14,19H,2,5-12H2,1H3,(H,26,32)(H,25,28,29). The second-order valence-electron chi connectivity index (χ2n) is 8.41. The van der Waals surface area contributed by atoms with Crippen molar-refractivity contribution in [2.45, 2.75) is 19.4 Å². The average Bonchev–Trinajstić information content (AvgIpc) is 3.39. The number of nitrogens with zero attached hydrogens (tertiary/aromatic N) is 5. The molecule has 2 N–H and O–H groups in total. The first-order valence-electron chi connectivity index (χ1n) is 11.7. The molecule has 2 aromatic heterocycles. The Kier molecular flexibility index (Phi) is 6.75. The van der Waals surface area contributed by atoms with Gasteiger partial charge >= 0.3 is 0 Å². The normalized spacial score (nSPS) is 18.3. The van der Waals surface area contributed by atoms with Gasteiger partial charge in [0, 0.05) is 44.7 Å². The van der Waals surface area contributed by atoms with Crippen molar-refractivity contribution in [1.29, 1.82) is 0 Å². The minimum atomic E-state index is -0.590. The van der Waals surface area contributed by atoms with Crippen molar-refractivity contribution >= 4 is 41.9 Å². The predicted molar refractivity (Wildman–Crippen MR) is 130 cm³/mol. The van der Waals surface area contributed by atoms with Crippen molar-refractivity contribution in [1.82, 2.24) is 24.6 Å². The lowest BCUT2D eigenvalue weighted by Gasteiger charge is -2.26. The van der Waals surface area contributed by atoms with Crippen molar-refractivity contribution in [3.63, 3.8) is 0 Å². The minimum Gasteiger partial charge on any atom is -0.380 e. The molecule has 1 aromatic carbocycles. The van der Waals surface area contributed by atoms with Crippen LogP contribution in [-0.2, 0) is 20.8 Å². The van der Waals surface area contributed by atoms with Crippen LogP contribution in [0.2, 0.25) is 0 Å². The Labute approximate surface area is 199 Å². The number of amides is 1. The summed E-state index contributed by atoms with van der Waals surface area (Å²) in [7, 11) is 6.04. The van der Waals surface area contributed by atoms with E-state index in [0.29, 0.717) is 49.1 Å². The van der Waals surface area contributed by atoms with E-state index in [0.717, 1.165) is 49.5 Å². The van der Waals surface area contributed by atoms with E-state index in [2.05, 4.69) is 25.6 Å². The zero-order valence-electron chi connectivity index (χ0n) is 19.3. The fourth-order valence-electron chi connectivity index (χ4n) is 4.39. The molecule has 1 atom stereocenters. The van der Waals surface area contributed by atoms with Crippen LogP contribution in [0.25, 0.3) is 11.0 Å². The number of morpholine rings is 1. The molecule has 11 heteroatoms. The number of benzene rings is 1. The van der Waals surface area contributed by atoms with Crippen molar-refractivity contribution in [3.8, 4) is 0 Å². The van der Waals surface area contributed by atoms with Crippen LogP contribution in [0.5, 0.6) is 0 Å². The third-order valence-electron chi connectivity index (χ3n) is 6.12. The highest BCUT2D eigenvalue weighted by Gasteiger charge is 2.35. The van der Waals surface area contributed by atoms with Gasteiger partial charge in [-0.15, -0.1) is 0 Å². The van der Waals surface area contributed by atoms with Crippen LogP contribution >= 0.6 is 0 Å². The highest BCUT2D eigenvalue weighted by atomic mass is 16.5. The molecule has 3 aromatic rings. The highest BCUT2D eigenvalue weighted by Crippen LogP contribution is 2.38. The molecule has 1 amide bonds. The number of hydrogen-bond acceptors (Lipinski definition) is 8. The van der Waals surface area contributed by atoms with Crippen LogP contribution in [0.1, 0.15) is 24.1 Å². The molecule has 1 fully saturated rings. The molecule has 10 nitrogen and oxygen atoms in total. The third-order valence-corrected chi connectivity index (χ3v) is 6.12. The lowest BCUT2D eigenvalue weighted by Crippen LogP contribution is -2.39. The molecular formula is C23H28BN7O3. The molecule has 2 radical (unpaired) electrons. The molecule has 0 aliphatic carbocycles. The second kappa shape index (κ2) is 10.1. The molecule has 2 aliphatic heterocycles. The third kappa shape index (κ3) is 4.77. The van der Waals surface area contributed by atoms with E-state index in [1.165, 1.54) is 0 Å². The van der Waals surface area contributed by atoms with Gasteiger partial charge in [0.05, 0.1) is 37.4 Å². The van der Waals surface area contributed by atoms with Gasteiger partial charge in [0.2, 0.25) is 11.9 Å². The van der Waals surface area contributed by atoms with Gasteiger partial charge in [0.1, 0.15) is 13.8 Å². The highest BCUT2D eigenvalue weighted by molar-refractivity contribution is 6.32. The Morgan fingerprint density at radius 2 is 2.12 bits per heavy atom. The van der Waals surface area contributed by atoms with E-state index in [9.17, 15) is 4.79 Å². The second-order valence-corrected chi connectivity index (χ2v) is 8.41. The number of hydrogen-bond donors (Lipinski definition) is 2. The van der Waals surface area contributed by atoms with Crippen molar-refractivity contribution in [2.24, 2.45) is 0 Å². The van der Waals surface area contributed by atoms with Gasteiger partial charge in [0.15, 0.2) is 5.65 Å². The number of rotatable bonds is 9. The van der Waals surface area contributed by atoms with E-state index in [-0.39, 0.29) is 5.91 Å². The summed E-state index contributed by atoms with van der Waals surface area (Å²) < 4.78 is 12.7. The Bertz CT molecular complexity index is 1180. The summed E-state index contributed by atoms with van der Waals surface area (Å²) in [6, 6.07) is 5.44. The summed E-state index contributed by atoms with van der Waals surface area (Å²) in [6.07, 6.45) is 1.89. The molecule has 34 heavy (non-hydrogen) atoms. The number of ether oxygens (including phenoxy) is 2. The summed E-state index contributed by atoms with van der Waals surface area (Å²) in [4.78, 5) is 24.8. The van der Waals surface area contributed by atoms with Crippen molar-refractivity contribution in [3.05, 3.63) is 35.7 Å². The lowest BCUT2D eigenvalue weighted by molar-refractivity contribution is -0.116. The molecule has 5 rings (SSSR count). The van der Waals surface area contributed by atoms with E-state index in [1.807, 2.05) is 25.3 Å². The monoisotopic (exact) mass is 461 g/mol.